The zero-order valence-electron chi connectivity index (χ0n) is 19.7. The van der Waals surface area contributed by atoms with Crippen LogP contribution < -0.4 is 9.46 Å². The molecule has 0 aliphatic carbocycles. The maximum Gasteiger partial charge on any atom is 0.209 e. The van der Waals surface area contributed by atoms with Crippen LogP contribution in [-0.2, 0) is 16.6 Å². The van der Waals surface area contributed by atoms with Crippen molar-refractivity contribution in [3.8, 4) is 17.5 Å². The van der Waals surface area contributed by atoms with Crippen LogP contribution in [-0.4, -0.2) is 55.3 Å². The molecule has 0 bridgehead atoms. The van der Waals surface area contributed by atoms with Gasteiger partial charge >= 0.3 is 0 Å². The molecule has 0 unspecified atom stereocenters. The van der Waals surface area contributed by atoms with Crippen molar-refractivity contribution in [3.63, 3.8) is 0 Å². The Kier molecular flexibility index (Phi) is 7.65. The molecule has 0 atom stereocenters. The number of aromatic nitrogens is 1. The molecule has 186 valence electrons. The third-order valence-electron chi connectivity index (χ3n) is 6.30. The average Bonchev–Trinajstić information content (AvgIpc) is 3.21. The molecule has 3 aromatic rings. The van der Waals surface area contributed by atoms with E-state index < -0.39 is 10.0 Å². The van der Waals surface area contributed by atoms with Crippen molar-refractivity contribution >= 4 is 44.1 Å². The maximum atomic E-state index is 11.7. The van der Waals surface area contributed by atoms with Crippen LogP contribution in [0.15, 0.2) is 42.6 Å². The number of halogens is 2. The van der Waals surface area contributed by atoms with Gasteiger partial charge in [0.2, 0.25) is 10.0 Å². The lowest BCUT2D eigenvalue weighted by Crippen LogP contribution is -2.52. The lowest BCUT2D eigenvalue weighted by atomic mass is 9.91. The second kappa shape index (κ2) is 10.4. The Balaban J connectivity index is 1.51. The Morgan fingerprint density at radius 3 is 2.60 bits per heavy atom. The summed E-state index contributed by atoms with van der Waals surface area (Å²) < 4.78 is 33.7. The van der Waals surface area contributed by atoms with Gasteiger partial charge in [0, 0.05) is 42.4 Å². The van der Waals surface area contributed by atoms with Gasteiger partial charge in [-0.25, -0.2) is 13.1 Å². The Morgan fingerprint density at radius 1 is 1.20 bits per heavy atom. The molecule has 1 aliphatic heterocycles. The van der Waals surface area contributed by atoms with Crippen LogP contribution in [0, 0.1) is 11.3 Å². The van der Waals surface area contributed by atoms with E-state index in [2.05, 4.69) is 33.9 Å². The molecule has 2 heterocycles. The lowest BCUT2D eigenvalue weighted by Gasteiger charge is -2.39. The smallest absolute Gasteiger partial charge is 0.209 e. The highest BCUT2D eigenvalue weighted by Crippen LogP contribution is 2.33. The van der Waals surface area contributed by atoms with Crippen molar-refractivity contribution in [2.45, 2.75) is 31.8 Å². The van der Waals surface area contributed by atoms with Crippen LogP contribution in [0.4, 0.5) is 0 Å². The third-order valence-corrected chi connectivity index (χ3v) is 7.60. The zero-order chi connectivity index (χ0) is 25.2. The minimum absolute atomic E-state index is 0.273. The predicted molar refractivity (Wildman–Crippen MR) is 140 cm³/mol. The first-order valence-electron chi connectivity index (χ1n) is 11.3. The molecular weight excluding hydrogens is 507 g/mol. The van der Waals surface area contributed by atoms with Gasteiger partial charge in [-0.3, -0.25) is 4.90 Å². The molecule has 1 aliphatic rings. The number of fused-ring (bicyclic) bond motifs is 1. The number of nitriles is 1. The minimum atomic E-state index is -3.23. The first-order valence-corrected chi connectivity index (χ1v) is 14.2. The van der Waals surface area contributed by atoms with Crippen molar-refractivity contribution in [3.05, 3.63) is 58.7 Å². The highest BCUT2D eigenvalue weighted by atomic mass is 35.5. The fourth-order valence-corrected chi connectivity index (χ4v) is 6.06. The fraction of sp³-hybridized carbons (Fsp3) is 0.400. The highest BCUT2D eigenvalue weighted by Gasteiger charge is 2.32. The number of sulfonamides is 1. The van der Waals surface area contributed by atoms with Gasteiger partial charge in [0.25, 0.3) is 0 Å². The number of ether oxygens (including phenoxy) is 1. The molecule has 0 saturated carbocycles. The summed E-state index contributed by atoms with van der Waals surface area (Å²) >= 11 is 12.1. The number of piperidine rings is 1. The molecule has 1 aromatic heterocycles. The summed E-state index contributed by atoms with van der Waals surface area (Å²) in [6.07, 6.45) is 4.71. The van der Waals surface area contributed by atoms with E-state index in [0.717, 1.165) is 49.1 Å². The molecule has 2 aromatic carbocycles. The molecule has 4 rings (SSSR count). The first-order chi connectivity index (χ1) is 16.6. The van der Waals surface area contributed by atoms with E-state index in [1.165, 1.54) is 11.8 Å². The second-order valence-electron chi connectivity index (χ2n) is 9.24. The van der Waals surface area contributed by atoms with Gasteiger partial charge in [-0.05, 0) is 55.7 Å². The number of nitrogens with one attached hydrogen (secondary N) is 1. The molecule has 0 amide bonds. The number of likely N-dealkylation sites (tertiary alicyclic amines) is 1. The fourth-order valence-electron chi connectivity index (χ4n) is 4.62. The first kappa shape index (κ1) is 25.8. The highest BCUT2D eigenvalue weighted by molar-refractivity contribution is 7.88. The van der Waals surface area contributed by atoms with E-state index >= 15 is 0 Å². The van der Waals surface area contributed by atoms with Crippen molar-refractivity contribution in [2.75, 3.05) is 31.8 Å². The number of benzene rings is 2. The third kappa shape index (κ3) is 6.11. The summed E-state index contributed by atoms with van der Waals surface area (Å²) in [6.45, 7) is 4.69. The van der Waals surface area contributed by atoms with Crippen LogP contribution in [0.3, 0.4) is 0 Å². The second-order valence-corrected chi connectivity index (χ2v) is 11.8. The number of nitrogens with zero attached hydrogens (tertiary/aromatic N) is 3. The van der Waals surface area contributed by atoms with Gasteiger partial charge < -0.3 is 9.30 Å². The summed E-state index contributed by atoms with van der Waals surface area (Å²) in [7, 11) is -3.23. The number of hydrogen-bond donors (Lipinski definition) is 1. The van der Waals surface area contributed by atoms with E-state index in [9.17, 15) is 13.7 Å². The van der Waals surface area contributed by atoms with Crippen molar-refractivity contribution < 1.29 is 13.2 Å². The van der Waals surface area contributed by atoms with Crippen molar-refractivity contribution in [1.29, 1.82) is 5.26 Å². The van der Waals surface area contributed by atoms with E-state index in [1.807, 2.05) is 23.8 Å². The quantitative estimate of drug-likeness (QED) is 0.424. The van der Waals surface area contributed by atoms with E-state index in [-0.39, 0.29) is 12.1 Å². The van der Waals surface area contributed by atoms with E-state index in [4.69, 9.17) is 27.9 Å². The average molecular weight is 535 g/mol. The van der Waals surface area contributed by atoms with Gasteiger partial charge in [-0.1, -0.05) is 17.7 Å². The van der Waals surface area contributed by atoms with Gasteiger partial charge in [-0.2, -0.15) is 5.26 Å². The topological polar surface area (TPSA) is 87.4 Å². The lowest BCUT2D eigenvalue weighted by molar-refractivity contribution is 0.155. The SMILES string of the molecule is CC1(NS(C)(=O)=O)CCN(Cc2ccc3c(ccn3-c3cc(Cl)c(OCCCl)c(C#N)c3)c2)CC1. The monoisotopic (exact) mass is 534 g/mol. The van der Waals surface area contributed by atoms with Gasteiger partial charge in [0.1, 0.15) is 12.7 Å². The molecule has 1 saturated heterocycles. The standard InChI is InChI=1S/C25H28Cl2N4O3S/c1-25(29-35(2,32)33)6-10-30(11-7-25)17-18-3-4-23-19(13-18)5-9-31(23)21-14-20(16-28)24(22(27)15-21)34-12-8-26/h3-5,9,13-15,29H,6-8,10-12,17H2,1-2H3. The summed E-state index contributed by atoms with van der Waals surface area (Å²) in [5, 5.41) is 11.0. The van der Waals surface area contributed by atoms with Gasteiger partial charge in [-0.15, -0.1) is 11.6 Å². The normalized spacial score (nSPS) is 16.3. The molecule has 7 nitrogen and oxygen atoms in total. The molecule has 1 N–H and O–H groups in total. The van der Waals surface area contributed by atoms with Gasteiger partial charge in [0.15, 0.2) is 5.75 Å². The molecule has 1 fully saturated rings. The zero-order valence-corrected chi connectivity index (χ0v) is 22.1. The summed E-state index contributed by atoms with van der Waals surface area (Å²) in [4.78, 5) is 2.35. The number of rotatable bonds is 8. The van der Waals surface area contributed by atoms with Crippen LogP contribution >= 0.6 is 23.2 Å². The predicted octanol–water partition coefficient (Wildman–Crippen LogP) is 4.68. The largest absolute Gasteiger partial charge is 0.489 e. The van der Waals surface area contributed by atoms with E-state index in [1.54, 1.807) is 12.1 Å². The molecule has 35 heavy (non-hydrogen) atoms. The molecular formula is C25H28Cl2N4O3S. The number of hydrogen-bond acceptors (Lipinski definition) is 5. The Bertz CT molecular complexity index is 1370. The number of alkyl halides is 1. The molecule has 0 spiro atoms. The van der Waals surface area contributed by atoms with Gasteiger partial charge in [0.05, 0.1) is 28.2 Å². The summed E-state index contributed by atoms with van der Waals surface area (Å²) in [5.41, 5.74) is 2.95. The Labute approximate surface area is 216 Å². The minimum Gasteiger partial charge on any atom is -0.489 e. The van der Waals surface area contributed by atoms with Crippen molar-refractivity contribution in [2.24, 2.45) is 0 Å². The van der Waals surface area contributed by atoms with Crippen LogP contribution in [0.2, 0.25) is 5.02 Å². The van der Waals surface area contributed by atoms with Crippen molar-refractivity contribution in [1.82, 2.24) is 14.2 Å². The maximum absolute atomic E-state index is 11.7. The van der Waals surface area contributed by atoms with Crippen LogP contribution in [0.25, 0.3) is 16.6 Å². The van der Waals surface area contributed by atoms with Crippen LogP contribution in [0.1, 0.15) is 30.9 Å². The molecule has 0 radical (unpaired) electrons. The molecule has 10 heteroatoms. The summed E-state index contributed by atoms with van der Waals surface area (Å²) in [5.74, 6) is 0.656. The summed E-state index contributed by atoms with van der Waals surface area (Å²) in [6, 6.07) is 14.1. The Hall–Kier alpha value is -2.28. The van der Waals surface area contributed by atoms with E-state index in [0.29, 0.717) is 22.2 Å². The van der Waals surface area contributed by atoms with Crippen LogP contribution in [0.5, 0.6) is 5.75 Å². The Morgan fingerprint density at radius 2 is 1.94 bits per heavy atom.